The number of aromatic nitrogens is 2. The highest BCUT2D eigenvalue weighted by molar-refractivity contribution is 5.84. The van der Waals surface area contributed by atoms with Gasteiger partial charge in [0.1, 0.15) is 0 Å². The second kappa shape index (κ2) is 9.47. The zero-order valence-electron chi connectivity index (χ0n) is 17.5. The van der Waals surface area contributed by atoms with Crippen LogP contribution in [0.2, 0.25) is 0 Å². The number of para-hydroxylation sites is 1. The summed E-state index contributed by atoms with van der Waals surface area (Å²) < 4.78 is 7.04. The molecule has 0 unspecified atom stereocenters. The predicted octanol–water partition coefficient (Wildman–Crippen LogP) is 4.19. The van der Waals surface area contributed by atoms with Crippen molar-refractivity contribution in [1.82, 2.24) is 9.55 Å². The average Bonchev–Trinajstić information content (AvgIpc) is 2.69. The van der Waals surface area contributed by atoms with Gasteiger partial charge in [-0.3, -0.25) is 9.36 Å². The Morgan fingerprint density at radius 2 is 1.90 bits per heavy atom. The quantitative estimate of drug-likeness (QED) is 0.354. The van der Waals surface area contributed by atoms with E-state index in [1.54, 1.807) is 16.8 Å². The molecule has 152 valence electrons. The van der Waals surface area contributed by atoms with Gasteiger partial charge in [-0.15, -0.1) is 0 Å². The van der Waals surface area contributed by atoms with Gasteiger partial charge in [-0.2, -0.15) is 5.10 Å². The summed E-state index contributed by atoms with van der Waals surface area (Å²) in [6.07, 6.45) is 2.51. The Labute approximate surface area is 171 Å². The molecule has 1 aromatic heterocycles. The number of anilines is 1. The maximum absolute atomic E-state index is 13.0. The highest BCUT2D eigenvalue weighted by Gasteiger charge is 2.10. The normalized spacial score (nSPS) is 11.4. The molecule has 1 N–H and O–H groups in total. The summed E-state index contributed by atoms with van der Waals surface area (Å²) >= 11 is 0. The van der Waals surface area contributed by atoms with Crippen LogP contribution in [0.3, 0.4) is 0 Å². The Hall–Kier alpha value is -2.99. The number of nitrogens with one attached hydrogen (secondary N) is 1. The molecule has 29 heavy (non-hydrogen) atoms. The lowest BCUT2D eigenvalue weighted by Gasteiger charge is -2.13. The number of hydrogen-bond acceptors (Lipinski definition) is 5. The minimum atomic E-state index is -0.0764. The van der Waals surface area contributed by atoms with E-state index in [0.29, 0.717) is 36.6 Å². The maximum Gasteiger partial charge on any atom is 0.262 e. The number of nitrogens with zero attached hydrogens (tertiary/aromatic N) is 3. The summed E-state index contributed by atoms with van der Waals surface area (Å²) in [7, 11) is 0. The van der Waals surface area contributed by atoms with Gasteiger partial charge >= 0.3 is 0 Å². The third-order valence-corrected chi connectivity index (χ3v) is 4.83. The van der Waals surface area contributed by atoms with Crippen molar-refractivity contribution < 1.29 is 4.74 Å². The summed E-state index contributed by atoms with van der Waals surface area (Å²) in [6, 6.07) is 11.6. The Bertz CT molecular complexity index is 1060. The SMILES string of the molecule is CCOCCCn1c(N/N=C\c2c(C)cc(C)cc2C)nc2ccccc2c1=O. The predicted molar refractivity (Wildman–Crippen MR) is 119 cm³/mol. The summed E-state index contributed by atoms with van der Waals surface area (Å²) in [5, 5.41) is 4.99. The smallest absolute Gasteiger partial charge is 0.262 e. The van der Waals surface area contributed by atoms with Crippen LogP contribution in [0, 0.1) is 20.8 Å². The van der Waals surface area contributed by atoms with Crippen LogP contribution in [-0.2, 0) is 11.3 Å². The van der Waals surface area contributed by atoms with E-state index in [9.17, 15) is 4.79 Å². The van der Waals surface area contributed by atoms with Gasteiger partial charge in [0.25, 0.3) is 5.56 Å². The lowest BCUT2D eigenvalue weighted by Crippen LogP contribution is -2.25. The molecule has 0 atom stereocenters. The Balaban J connectivity index is 1.92. The second-order valence-electron chi connectivity index (χ2n) is 7.14. The summed E-state index contributed by atoms with van der Waals surface area (Å²) in [5.74, 6) is 0.434. The first kappa shape index (κ1) is 20.7. The lowest BCUT2D eigenvalue weighted by molar-refractivity contribution is 0.141. The van der Waals surface area contributed by atoms with E-state index >= 15 is 0 Å². The fourth-order valence-electron chi connectivity index (χ4n) is 3.48. The molecule has 0 aliphatic heterocycles. The van der Waals surface area contributed by atoms with Crippen molar-refractivity contribution in [3.8, 4) is 0 Å². The molecular formula is C23H28N4O2. The van der Waals surface area contributed by atoms with Gasteiger partial charge in [-0.25, -0.2) is 10.4 Å². The molecule has 0 saturated carbocycles. The molecule has 0 amide bonds. The molecule has 0 aliphatic carbocycles. The van der Waals surface area contributed by atoms with Crippen LogP contribution in [0.25, 0.3) is 10.9 Å². The summed E-state index contributed by atoms with van der Waals surface area (Å²) in [6.45, 7) is 9.95. The van der Waals surface area contributed by atoms with E-state index in [1.165, 1.54) is 5.56 Å². The average molecular weight is 393 g/mol. The number of hydrogen-bond donors (Lipinski definition) is 1. The molecule has 0 bridgehead atoms. The van der Waals surface area contributed by atoms with Crippen LogP contribution < -0.4 is 11.0 Å². The minimum absolute atomic E-state index is 0.0764. The Morgan fingerprint density at radius 3 is 2.62 bits per heavy atom. The largest absolute Gasteiger partial charge is 0.382 e. The molecule has 0 fully saturated rings. The van der Waals surface area contributed by atoms with Crippen molar-refractivity contribution in [2.45, 2.75) is 40.7 Å². The molecule has 2 aromatic carbocycles. The zero-order valence-corrected chi connectivity index (χ0v) is 17.5. The van der Waals surface area contributed by atoms with Crippen molar-refractivity contribution in [3.63, 3.8) is 0 Å². The van der Waals surface area contributed by atoms with E-state index in [0.717, 1.165) is 23.1 Å². The van der Waals surface area contributed by atoms with Gasteiger partial charge in [-0.1, -0.05) is 29.8 Å². The topological polar surface area (TPSA) is 68.5 Å². The van der Waals surface area contributed by atoms with Crippen molar-refractivity contribution in [2.24, 2.45) is 5.10 Å². The summed E-state index contributed by atoms with van der Waals surface area (Å²) in [4.78, 5) is 17.6. The second-order valence-corrected chi connectivity index (χ2v) is 7.14. The highest BCUT2D eigenvalue weighted by atomic mass is 16.5. The van der Waals surface area contributed by atoms with E-state index < -0.39 is 0 Å². The van der Waals surface area contributed by atoms with Crippen molar-refractivity contribution in [3.05, 3.63) is 69.0 Å². The first-order valence-corrected chi connectivity index (χ1v) is 9.95. The Kier molecular flexibility index (Phi) is 6.77. The van der Waals surface area contributed by atoms with Crippen molar-refractivity contribution in [1.29, 1.82) is 0 Å². The maximum atomic E-state index is 13.0. The molecule has 0 radical (unpaired) electrons. The third-order valence-electron chi connectivity index (χ3n) is 4.83. The van der Waals surface area contributed by atoms with E-state index in [1.807, 2.05) is 25.1 Å². The van der Waals surface area contributed by atoms with Crippen LogP contribution in [0.1, 0.15) is 35.6 Å². The number of rotatable bonds is 8. The minimum Gasteiger partial charge on any atom is -0.382 e. The third kappa shape index (κ3) is 4.90. The van der Waals surface area contributed by atoms with Gasteiger partial charge in [-0.05, 0) is 57.4 Å². The fourth-order valence-corrected chi connectivity index (χ4v) is 3.48. The van der Waals surface area contributed by atoms with Crippen molar-refractivity contribution in [2.75, 3.05) is 18.6 Å². The van der Waals surface area contributed by atoms with Crippen LogP contribution in [0.5, 0.6) is 0 Å². The number of aryl methyl sites for hydroxylation is 3. The van der Waals surface area contributed by atoms with Crippen LogP contribution in [0.15, 0.2) is 46.3 Å². The highest BCUT2D eigenvalue weighted by Crippen LogP contribution is 2.15. The van der Waals surface area contributed by atoms with E-state index in [4.69, 9.17) is 4.74 Å². The zero-order chi connectivity index (χ0) is 20.8. The van der Waals surface area contributed by atoms with E-state index in [2.05, 4.69) is 48.4 Å². The van der Waals surface area contributed by atoms with Gasteiger partial charge in [0.05, 0.1) is 17.1 Å². The first-order valence-electron chi connectivity index (χ1n) is 9.95. The number of benzene rings is 2. The Morgan fingerprint density at radius 1 is 1.17 bits per heavy atom. The monoisotopic (exact) mass is 392 g/mol. The molecule has 0 aliphatic rings. The number of fused-ring (bicyclic) bond motifs is 1. The molecule has 0 spiro atoms. The molecule has 6 nitrogen and oxygen atoms in total. The van der Waals surface area contributed by atoms with Gasteiger partial charge < -0.3 is 4.74 Å². The standard InChI is InChI=1S/C23H28N4O2/c1-5-29-12-8-11-27-22(28)19-9-6-7-10-21(19)25-23(27)26-24-15-20-17(3)13-16(2)14-18(20)4/h6-7,9-10,13-15H,5,8,11-12H2,1-4H3,(H,25,26)/b24-15-. The molecular weight excluding hydrogens is 364 g/mol. The molecule has 0 saturated heterocycles. The van der Waals surface area contributed by atoms with Crippen molar-refractivity contribution >= 4 is 23.1 Å². The van der Waals surface area contributed by atoms with E-state index in [-0.39, 0.29) is 5.56 Å². The van der Waals surface area contributed by atoms with Gasteiger partial charge in [0, 0.05) is 25.3 Å². The fraction of sp³-hybridized carbons (Fsp3) is 0.348. The van der Waals surface area contributed by atoms with Gasteiger partial charge in [0.2, 0.25) is 5.95 Å². The van der Waals surface area contributed by atoms with Gasteiger partial charge in [0.15, 0.2) is 0 Å². The number of hydrazone groups is 1. The molecule has 3 rings (SSSR count). The summed E-state index contributed by atoms with van der Waals surface area (Å²) in [5.41, 5.74) is 8.17. The number of ether oxygens (including phenoxy) is 1. The molecule has 6 heteroatoms. The van der Waals surface area contributed by atoms with Crippen LogP contribution >= 0.6 is 0 Å². The lowest BCUT2D eigenvalue weighted by atomic mass is 10.0. The first-order chi connectivity index (χ1) is 14.0. The van der Waals surface area contributed by atoms with Crippen LogP contribution in [-0.4, -0.2) is 29.0 Å². The van der Waals surface area contributed by atoms with Crippen LogP contribution in [0.4, 0.5) is 5.95 Å². The molecule has 1 heterocycles. The molecule has 3 aromatic rings.